The van der Waals surface area contributed by atoms with Gasteiger partial charge >= 0.3 is 0 Å². The van der Waals surface area contributed by atoms with Crippen molar-refractivity contribution in [2.24, 2.45) is 0 Å². The Balaban J connectivity index is 2.85. The number of hydrogen-bond donors (Lipinski definition) is 0. The van der Waals surface area contributed by atoms with Crippen LogP contribution in [-0.4, -0.2) is 6.26 Å². The quantitative estimate of drug-likeness (QED) is 0.664. The van der Waals surface area contributed by atoms with Gasteiger partial charge in [0, 0.05) is 9.37 Å². The molecule has 1 aromatic carbocycles. The Morgan fingerprint density at radius 3 is 3.00 bits per heavy atom. The van der Waals surface area contributed by atoms with Crippen LogP contribution in [0.15, 0.2) is 26.9 Å². The summed E-state index contributed by atoms with van der Waals surface area (Å²) < 4.78 is 2.25. The molecule has 0 unspecified atom stereocenters. The molecule has 1 heterocycles. The number of rotatable bonds is 1. The third-order valence-corrected chi connectivity index (χ3v) is 5.07. The number of benzene rings is 1. The Labute approximate surface area is 98.4 Å². The first-order chi connectivity index (χ1) is 6.24. The van der Waals surface area contributed by atoms with Crippen LogP contribution in [0.4, 0.5) is 0 Å². The zero-order valence-corrected chi connectivity index (χ0v) is 10.8. The standard InChI is InChI=1S/C9H6BrClS2/c1-12-9-6(10)4-5-2-3-13-8(5)7(9)11/h2-4H,1H3. The van der Waals surface area contributed by atoms with Crippen LogP contribution in [0.2, 0.25) is 5.02 Å². The third-order valence-electron chi connectivity index (χ3n) is 1.80. The van der Waals surface area contributed by atoms with E-state index in [0.717, 1.165) is 14.4 Å². The lowest BCUT2D eigenvalue weighted by atomic mass is 10.3. The van der Waals surface area contributed by atoms with Gasteiger partial charge in [0.1, 0.15) is 0 Å². The first-order valence-corrected chi connectivity index (χ1v) is 6.90. The molecule has 0 atom stereocenters. The molecule has 0 aliphatic rings. The van der Waals surface area contributed by atoms with E-state index in [4.69, 9.17) is 11.6 Å². The number of fused-ring (bicyclic) bond motifs is 1. The van der Waals surface area contributed by atoms with Gasteiger partial charge in [0.2, 0.25) is 0 Å². The maximum absolute atomic E-state index is 6.25. The molecule has 2 rings (SSSR count). The van der Waals surface area contributed by atoms with Gasteiger partial charge in [0.25, 0.3) is 0 Å². The van der Waals surface area contributed by atoms with Gasteiger partial charge in [-0.25, -0.2) is 0 Å². The number of halogens is 2. The van der Waals surface area contributed by atoms with Crippen LogP contribution >= 0.6 is 50.6 Å². The molecular formula is C9H6BrClS2. The van der Waals surface area contributed by atoms with E-state index in [1.54, 1.807) is 23.1 Å². The molecule has 0 saturated carbocycles. The zero-order chi connectivity index (χ0) is 9.42. The Morgan fingerprint density at radius 1 is 1.54 bits per heavy atom. The van der Waals surface area contributed by atoms with Crippen LogP contribution < -0.4 is 0 Å². The molecule has 4 heteroatoms. The highest BCUT2D eigenvalue weighted by Crippen LogP contribution is 2.40. The van der Waals surface area contributed by atoms with Crippen molar-refractivity contribution in [1.82, 2.24) is 0 Å². The summed E-state index contributed by atoms with van der Waals surface area (Å²) in [5, 5.41) is 4.14. The van der Waals surface area contributed by atoms with Crippen LogP contribution in [0, 0.1) is 0 Å². The van der Waals surface area contributed by atoms with Gasteiger partial charge < -0.3 is 0 Å². The van der Waals surface area contributed by atoms with Gasteiger partial charge in [-0.15, -0.1) is 23.1 Å². The fourth-order valence-electron chi connectivity index (χ4n) is 1.21. The number of thiophene rings is 1. The molecule has 0 amide bonds. The van der Waals surface area contributed by atoms with Crippen LogP contribution in [0.1, 0.15) is 0 Å². The van der Waals surface area contributed by atoms with E-state index < -0.39 is 0 Å². The summed E-state index contributed by atoms with van der Waals surface area (Å²) in [5.41, 5.74) is 0. The Kier molecular flexibility index (Phi) is 2.88. The van der Waals surface area contributed by atoms with E-state index in [0.29, 0.717) is 0 Å². The SMILES string of the molecule is CSc1c(Br)cc2ccsc2c1Cl. The zero-order valence-electron chi connectivity index (χ0n) is 6.80. The summed E-state index contributed by atoms with van der Waals surface area (Å²) >= 11 is 13.1. The minimum Gasteiger partial charge on any atom is -0.142 e. The second-order valence-corrected chi connectivity index (χ2v) is 5.51. The van der Waals surface area contributed by atoms with Gasteiger partial charge in [0.05, 0.1) is 9.72 Å². The van der Waals surface area contributed by atoms with Gasteiger partial charge in [-0.2, -0.15) is 0 Å². The molecule has 0 N–H and O–H groups in total. The highest BCUT2D eigenvalue weighted by atomic mass is 79.9. The highest BCUT2D eigenvalue weighted by molar-refractivity contribution is 9.10. The lowest BCUT2D eigenvalue weighted by Crippen LogP contribution is -1.76. The van der Waals surface area contributed by atoms with Crippen molar-refractivity contribution in [2.75, 3.05) is 6.26 Å². The molecule has 0 bridgehead atoms. The minimum atomic E-state index is 0.867. The summed E-state index contributed by atoms with van der Waals surface area (Å²) in [6, 6.07) is 4.20. The number of thioether (sulfide) groups is 1. The fourth-order valence-corrected chi connectivity index (χ4v) is 4.25. The summed E-state index contributed by atoms with van der Waals surface area (Å²) in [6.45, 7) is 0. The first-order valence-electron chi connectivity index (χ1n) is 3.63. The normalized spacial score (nSPS) is 11.0. The van der Waals surface area contributed by atoms with Crippen molar-refractivity contribution in [3.05, 3.63) is 27.0 Å². The molecule has 0 aliphatic carbocycles. The average molecular weight is 294 g/mol. The summed E-state index contributed by atoms with van der Waals surface area (Å²) in [7, 11) is 0. The third kappa shape index (κ3) is 1.63. The molecule has 1 aromatic heterocycles. The maximum Gasteiger partial charge on any atom is 0.0731 e. The molecular weight excluding hydrogens is 288 g/mol. The van der Waals surface area contributed by atoms with E-state index in [-0.39, 0.29) is 0 Å². The van der Waals surface area contributed by atoms with Crippen LogP contribution in [-0.2, 0) is 0 Å². The molecule has 0 spiro atoms. The maximum atomic E-state index is 6.25. The van der Waals surface area contributed by atoms with E-state index in [1.165, 1.54) is 10.1 Å². The van der Waals surface area contributed by atoms with Crippen LogP contribution in [0.3, 0.4) is 0 Å². The molecule has 0 aliphatic heterocycles. The van der Waals surface area contributed by atoms with Crippen LogP contribution in [0.5, 0.6) is 0 Å². The first kappa shape index (κ1) is 9.84. The molecule has 13 heavy (non-hydrogen) atoms. The second-order valence-electron chi connectivity index (χ2n) is 2.54. The van der Waals surface area contributed by atoms with Crippen molar-refractivity contribution >= 4 is 60.7 Å². The Bertz CT molecular complexity index is 450. The molecule has 0 nitrogen and oxygen atoms in total. The minimum absolute atomic E-state index is 0.867. The van der Waals surface area contributed by atoms with Gasteiger partial charge in [0.15, 0.2) is 0 Å². The van der Waals surface area contributed by atoms with Crippen molar-refractivity contribution < 1.29 is 0 Å². The van der Waals surface area contributed by atoms with E-state index >= 15 is 0 Å². The molecule has 0 fully saturated rings. The largest absolute Gasteiger partial charge is 0.142 e. The second kappa shape index (κ2) is 3.81. The molecule has 0 radical (unpaired) electrons. The van der Waals surface area contributed by atoms with E-state index in [9.17, 15) is 0 Å². The highest BCUT2D eigenvalue weighted by Gasteiger charge is 2.09. The Morgan fingerprint density at radius 2 is 2.31 bits per heavy atom. The molecule has 2 aromatic rings. The van der Waals surface area contributed by atoms with Crippen molar-refractivity contribution in [2.45, 2.75) is 4.90 Å². The molecule has 0 saturated heterocycles. The lowest BCUT2D eigenvalue weighted by molar-refractivity contribution is 1.46. The molecule has 68 valence electrons. The lowest BCUT2D eigenvalue weighted by Gasteiger charge is -2.04. The van der Waals surface area contributed by atoms with Gasteiger partial charge in [-0.3, -0.25) is 0 Å². The predicted molar refractivity (Wildman–Crippen MR) is 66.3 cm³/mol. The topological polar surface area (TPSA) is 0 Å². The summed E-state index contributed by atoms with van der Waals surface area (Å²) in [4.78, 5) is 1.12. The van der Waals surface area contributed by atoms with Crippen LogP contribution in [0.25, 0.3) is 10.1 Å². The van der Waals surface area contributed by atoms with Crippen molar-refractivity contribution in [3.63, 3.8) is 0 Å². The summed E-state index contributed by atoms with van der Waals surface area (Å²) in [5.74, 6) is 0. The van der Waals surface area contributed by atoms with Gasteiger partial charge in [-0.05, 0) is 45.1 Å². The fraction of sp³-hybridized carbons (Fsp3) is 0.111. The average Bonchev–Trinajstić information content (AvgIpc) is 2.53. The van der Waals surface area contributed by atoms with Crippen molar-refractivity contribution in [3.8, 4) is 0 Å². The predicted octanol–water partition coefficient (Wildman–Crippen LogP) is 5.04. The monoisotopic (exact) mass is 292 g/mol. The van der Waals surface area contributed by atoms with E-state index in [2.05, 4.69) is 33.4 Å². The Hall–Kier alpha value is 0.300. The van der Waals surface area contributed by atoms with Gasteiger partial charge in [-0.1, -0.05) is 11.6 Å². The smallest absolute Gasteiger partial charge is 0.0731 e. The summed E-state index contributed by atoms with van der Waals surface area (Å²) in [6.07, 6.45) is 2.03. The number of hydrogen-bond acceptors (Lipinski definition) is 2. The van der Waals surface area contributed by atoms with E-state index in [1.807, 2.05) is 6.26 Å². The van der Waals surface area contributed by atoms with Crippen molar-refractivity contribution in [1.29, 1.82) is 0 Å².